The second-order valence-corrected chi connectivity index (χ2v) is 4.78. The number of hydrogen-bond acceptors (Lipinski definition) is 2. The Labute approximate surface area is 119 Å². The lowest BCUT2D eigenvalue weighted by atomic mass is 9.98. The topological polar surface area (TPSA) is 55.1 Å². The Kier molecular flexibility index (Phi) is 4.91. The summed E-state index contributed by atoms with van der Waals surface area (Å²) in [6, 6.07) is 19.2. The van der Waals surface area contributed by atoms with E-state index in [2.05, 4.69) is 5.32 Å². The fourth-order valence-electron chi connectivity index (χ4n) is 2.08. The first-order valence-electron chi connectivity index (χ1n) is 6.88. The zero-order valence-corrected chi connectivity index (χ0v) is 11.6. The van der Waals surface area contributed by atoms with Gasteiger partial charge in [-0.1, -0.05) is 67.6 Å². The first kappa shape index (κ1) is 14.3. The maximum Gasteiger partial charge on any atom is 0.237 e. The van der Waals surface area contributed by atoms with Gasteiger partial charge >= 0.3 is 0 Å². The lowest BCUT2D eigenvalue weighted by Crippen LogP contribution is -2.42. The molecular weight excluding hydrogens is 248 g/mol. The summed E-state index contributed by atoms with van der Waals surface area (Å²) < 4.78 is 0. The molecule has 0 saturated carbocycles. The summed E-state index contributed by atoms with van der Waals surface area (Å²) in [7, 11) is 0. The van der Waals surface area contributed by atoms with Crippen LogP contribution in [0, 0.1) is 0 Å². The zero-order valence-electron chi connectivity index (χ0n) is 11.6. The van der Waals surface area contributed by atoms with Crippen molar-refractivity contribution in [3.63, 3.8) is 0 Å². The van der Waals surface area contributed by atoms with Crippen LogP contribution >= 0.6 is 0 Å². The molecule has 104 valence electrons. The van der Waals surface area contributed by atoms with E-state index in [1.54, 1.807) is 0 Å². The molecule has 0 spiro atoms. The van der Waals surface area contributed by atoms with Crippen molar-refractivity contribution in [2.24, 2.45) is 5.73 Å². The summed E-state index contributed by atoms with van der Waals surface area (Å²) in [5.74, 6) is -0.120. The smallest absolute Gasteiger partial charge is 0.237 e. The van der Waals surface area contributed by atoms with Gasteiger partial charge < -0.3 is 11.1 Å². The Morgan fingerprint density at radius 1 is 1.00 bits per heavy atom. The van der Waals surface area contributed by atoms with Gasteiger partial charge in [0.2, 0.25) is 5.91 Å². The maximum atomic E-state index is 12.1. The van der Waals surface area contributed by atoms with Crippen LogP contribution in [0.1, 0.15) is 30.5 Å². The van der Waals surface area contributed by atoms with Gasteiger partial charge in [0.05, 0.1) is 12.1 Å². The van der Waals surface area contributed by atoms with Gasteiger partial charge in [0.15, 0.2) is 0 Å². The number of carbonyl (C=O) groups excluding carboxylic acids is 1. The highest BCUT2D eigenvalue weighted by molar-refractivity contribution is 5.82. The summed E-state index contributed by atoms with van der Waals surface area (Å²) in [4.78, 5) is 12.1. The van der Waals surface area contributed by atoms with Crippen LogP contribution in [0.5, 0.6) is 0 Å². The van der Waals surface area contributed by atoms with E-state index in [0.29, 0.717) is 6.42 Å². The van der Waals surface area contributed by atoms with Gasteiger partial charge in [-0.3, -0.25) is 4.79 Å². The average molecular weight is 268 g/mol. The monoisotopic (exact) mass is 268 g/mol. The molecule has 0 aromatic heterocycles. The second kappa shape index (κ2) is 6.87. The van der Waals surface area contributed by atoms with Gasteiger partial charge in [-0.25, -0.2) is 0 Å². The van der Waals surface area contributed by atoms with Crippen molar-refractivity contribution >= 4 is 5.91 Å². The highest BCUT2D eigenvalue weighted by Gasteiger charge is 2.19. The highest BCUT2D eigenvalue weighted by atomic mass is 16.2. The van der Waals surface area contributed by atoms with Gasteiger partial charge in [0.1, 0.15) is 0 Å². The molecule has 0 saturated heterocycles. The van der Waals surface area contributed by atoms with Crippen molar-refractivity contribution in [3.05, 3.63) is 71.8 Å². The molecule has 3 nitrogen and oxygen atoms in total. The van der Waals surface area contributed by atoms with Gasteiger partial charge in [-0.2, -0.15) is 0 Å². The predicted octanol–water partition coefficient (Wildman–Crippen LogP) is 2.63. The van der Waals surface area contributed by atoms with E-state index in [9.17, 15) is 4.79 Å². The maximum absolute atomic E-state index is 12.1. The molecule has 3 N–H and O–H groups in total. The molecule has 0 aliphatic rings. The first-order chi connectivity index (χ1) is 9.72. The number of carbonyl (C=O) groups is 1. The van der Waals surface area contributed by atoms with E-state index in [4.69, 9.17) is 5.73 Å². The Hall–Kier alpha value is -2.13. The molecule has 1 atom stereocenters. The summed E-state index contributed by atoms with van der Waals surface area (Å²) in [5, 5.41) is 3.04. The van der Waals surface area contributed by atoms with Crippen LogP contribution < -0.4 is 11.1 Å². The molecule has 2 rings (SSSR count). The molecule has 0 unspecified atom stereocenters. The fourth-order valence-corrected chi connectivity index (χ4v) is 2.08. The lowest BCUT2D eigenvalue weighted by molar-refractivity contribution is -0.122. The third-order valence-electron chi connectivity index (χ3n) is 3.33. The van der Waals surface area contributed by atoms with Gasteiger partial charge in [0.25, 0.3) is 0 Å². The molecule has 0 bridgehead atoms. The van der Waals surface area contributed by atoms with Gasteiger partial charge in [0, 0.05) is 0 Å². The average Bonchev–Trinajstić information content (AvgIpc) is 2.53. The minimum Gasteiger partial charge on any atom is -0.344 e. The summed E-state index contributed by atoms with van der Waals surface area (Å²) in [5.41, 5.74) is 7.91. The number of amides is 1. The van der Waals surface area contributed by atoms with Crippen molar-refractivity contribution in [2.45, 2.75) is 25.4 Å². The zero-order chi connectivity index (χ0) is 14.4. The molecule has 0 heterocycles. The van der Waals surface area contributed by atoms with E-state index in [1.165, 1.54) is 0 Å². The number of rotatable bonds is 5. The van der Waals surface area contributed by atoms with E-state index in [-0.39, 0.29) is 11.9 Å². The van der Waals surface area contributed by atoms with E-state index >= 15 is 0 Å². The third-order valence-corrected chi connectivity index (χ3v) is 3.33. The Morgan fingerprint density at radius 3 is 1.85 bits per heavy atom. The van der Waals surface area contributed by atoms with Crippen LogP contribution in [0.4, 0.5) is 0 Å². The summed E-state index contributed by atoms with van der Waals surface area (Å²) in [6.45, 7) is 1.91. The van der Waals surface area contributed by atoms with Crippen LogP contribution in [-0.4, -0.2) is 11.9 Å². The predicted molar refractivity (Wildman–Crippen MR) is 81.1 cm³/mol. The van der Waals surface area contributed by atoms with Crippen LogP contribution in [0.15, 0.2) is 60.7 Å². The summed E-state index contributed by atoms with van der Waals surface area (Å²) >= 11 is 0. The van der Waals surface area contributed by atoms with Crippen LogP contribution in [0.3, 0.4) is 0 Å². The van der Waals surface area contributed by atoms with Gasteiger partial charge in [-0.15, -0.1) is 0 Å². The molecule has 0 aliphatic heterocycles. The molecule has 2 aromatic rings. The van der Waals surface area contributed by atoms with Crippen LogP contribution in [0.25, 0.3) is 0 Å². The highest BCUT2D eigenvalue weighted by Crippen LogP contribution is 2.21. The minimum absolute atomic E-state index is 0.120. The first-order valence-corrected chi connectivity index (χ1v) is 6.88. The molecule has 0 radical (unpaired) electrons. The van der Waals surface area contributed by atoms with Gasteiger partial charge in [-0.05, 0) is 17.5 Å². The number of hydrogen-bond donors (Lipinski definition) is 2. The van der Waals surface area contributed by atoms with Crippen molar-refractivity contribution in [1.29, 1.82) is 0 Å². The standard InChI is InChI=1S/C17H20N2O/c1-2-15(18)17(20)19-16(13-9-5-3-6-10-13)14-11-7-4-8-12-14/h3-12,15-16H,2,18H2,1H3,(H,19,20)/t15-/m1/s1. The van der Waals surface area contributed by atoms with Crippen LogP contribution in [0.2, 0.25) is 0 Å². The molecule has 0 fully saturated rings. The minimum atomic E-state index is -0.468. The number of nitrogens with one attached hydrogen (secondary N) is 1. The van der Waals surface area contributed by atoms with E-state index < -0.39 is 6.04 Å². The van der Waals surface area contributed by atoms with Crippen LogP contribution in [-0.2, 0) is 4.79 Å². The van der Waals surface area contributed by atoms with Crippen molar-refractivity contribution < 1.29 is 4.79 Å². The van der Waals surface area contributed by atoms with E-state index in [0.717, 1.165) is 11.1 Å². The Morgan fingerprint density at radius 2 is 1.45 bits per heavy atom. The Bertz CT molecular complexity index is 500. The molecule has 0 aliphatic carbocycles. The lowest BCUT2D eigenvalue weighted by Gasteiger charge is -2.21. The molecule has 2 aromatic carbocycles. The third kappa shape index (κ3) is 3.45. The molecule has 1 amide bonds. The largest absolute Gasteiger partial charge is 0.344 e. The van der Waals surface area contributed by atoms with Crippen molar-refractivity contribution in [2.75, 3.05) is 0 Å². The second-order valence-electron chi connectivity index (χ2n) is 4.78. The van der Waals surface area contributed by atoms with Crippen molar-refractivity contribution in [3.8, 4) is 0 Å². The molecular formula is C17H20N2O. The van der Waals surface area contributed by atoms with Crippen molar-refractivity contribution in [1.82, 2.24) is 5.32 Å². The quantitative estimate of drug-likeness (QED) is 0.876. The number of nitrogens with two attached hydrogens (primary N) is 1. The summed E-state index contributed by atoms with van der Waals surface area (Å²) in [6.07, 6.45) is 0.627. The van der Waals surface area contributed by atoms with E-state index in [1.807, 2.05) is 67.6 Å². The fraction of sp³-hybridized carbons (Fsp3) is 0.235. The Balaban J connectivity index is 2.28. The molecule has 3 heteroatoms. The normalized spacial score (nSPS) is 12.2. The SMILES string of the molecule is CC[C@@H](N)C(=O)NC(c1ccccc1)c1ccccc1. The molecule has 20 heavy (non-hydrogen) atoms. The number of benzene rings is 2.